The first-order valence-electron chi connectivity index (χ1n) is 7.70. The highest BCUT2D eigenvalue weighted by atomic mass is 32.2. The summed E-state index contributed by atoms with van der Waals surface area (Å²) in [4.78, 5) is 0. The van der Waals surface area contributed by atoms with Crippen LogP contribution in [0, 0.1) is 13.8 Å². The van der Waals surface area contributed by atoms with Gasteiger partial charge < -0.3 is 10.1 Å². The lowest BCUT2D eigenvalue weighted by molar-refractivity contribution is 0.129. The van der Waals surface area contributed by atoms with Crippen molar-refractivity contribution >= 4 is 11.8 Å². The van der Waals surface area contributed by atoms with Gasteiger partial charge in [0.15, 0.2) is 0 Å². The van der Waals surface area contributed by atoms with Crippen molar-refractivity contribution < 1.29 is 4.74 Å². The summed E-state index contributed by atoms with van der Waals surface area (Å²) < 4.78 is 5.70. The molecule has 1 aliphatic rings. The van der Waals surface area contributed by atoms with Crippen molar-refractivity contribution in [2.75, 3.05) is 24.7 Å². The second-order valence-electron chi connectivity index (χ2n) is 5.70. The van der Waals surface area contributed by atoms with Gasteiger partial charge in [0.2, 0.25) is 0 Å². The van der Waals surface area contributed by atoms with Crippen LogP contribution in [0.1, 0.15) is 42.5 Å². The van der Waals surface area contributed by atoms with Gasteiger partial charge in [-0.1, -0.05) is 36.2 Å². The monoisotopic (exact) mass is 293 g/mol. The molecule has 1 heterocycles. The van der Waals surface area contributed by atoms with Crippen molar-refractivity contribution in [3.05, 3.63) is 34.9 Å². The number of hydrogen-bond acceptors (Lipinski definition) is 3. The molecule has 1 fully saturated rings. The van der Waals surface area contributed by atoms with E-state index in [4.69, 9.17) is 4.74 Å². The molecular weight excluding hydrogens is 266 g/mol. The van der Waals surface area contributed by atoms with Crippen molar-refractivity contribution in [2.45, 2.75) is 45.8 Å². The Morgan fingerprint density at radius 1 is 1.30 bits per heavy atom. The quantitative estimate of drug-likeness (QED) is 0.824. The molecule has 0 radical (unpaired) electrons. The summed E-state index contributed by atoms with van der Waals surface area (Å²) in [6.07, 6.45) is 2.96. The summed E-state index contributed by atoms with van der Waals surface area (Å²) in [6, 6.07) is 7.32. The predicted octanol–water partition coefficient (Wildman–Crippen LogP) is 3.87. The van der Waals surface area contributed by atoms with Crippen LogP contribution in [-0.2, 0) is 4.74 Å². The molecule has 0 aliphatic carbocycles. The minimum Gasteiger partial charge on any atom is -0.377 e. The van der Waals surface area contributed by atoms with Crippen LogP contribution < -0.4 is 5.32 Å². The van der Waals surface area contributed by atoms with Crippen molar-refractivity contribution in [3.8, 4) is 0 Å². The lowest BCUT2D eigenvalue weighted by Crippen LogP contribution is -2.24. The van der Waals surface area contributed by atoms with Crippen LogP contribution in [0.3, 0.4) is 0 Å². The number of rotatable bonds is 7. The molecule has 0 spiro atoms. The Morgan fingerprint density at radius 3 is 2.65 bits per heavy atom. The predicted molar refractivity (Wildman–Crippen MR) is 88.6 cm³/mol. The number of nitrogens with one attached hydrogen (secondary N) is 1. The van der Waals surface area contributed by atoms with Gasteiger partial charge in [0.25, 0.3) is 0 Å². The maximum atomic E-state index is 5.70. The summed E-state index contributed by atoms with van der Waals surface area (Å²) >= 11 is 2.02. The highest BCUT2D eigenvalue weighted by Gasteiger charge is 2.17. The second-order valence-corrected chi connectivity index (χ2v) is 6.78. The molecule has 3 heteroatoms. The van der Waals surface area contributed by atoms with Gasteiger partial charge in [0.05, 0.1) is 6.10 Å². The Morgan fingerprint density at radius 2 is 2.05 bits per heavy atom. The maximum absolute atomic E-state index is 5.70. The van der Waals surface area contributed by atoms with Gasteiger partial charge in [-0.25, -0.2) is 0 Å². The van der Waals surface area contributed by atoms with Gasteiger partial charge in [-0.15, -0.1) is 0 Å². The van der Waals surface area contributed by atoms with Crippen LogP contribution in [-0.4, -0.2) is 30.8 Å². The summed E-state index contributed by atoms with van der Waals surface area (Å²) in [5.41, 5.74) is 4.13. The van der Waals surface area contributed by atoms with Gasteiger partial charge in [0.1, 0.15) is 0 Å². The van der Waals surface area contributed by atoms with Crippen molar-refractivity contribution in [1.82, 2.24) is 5.32 Å². The molecule has 1 aliphatic heterocycles. The normalized spacial score (nSPS) is 20.2. The lowest BCUT2D eigenvalue weighted by Gasteiger charge is -2.20. The fourth-order valence-corrected chi connectivity index (χ4v) is 4.03. The van der Waals surface area contributed by atoms with Gasteiger partial charge in [0, 0.05) is 24.2 Å². The molecule has 20 heavy (non-hydrogen) atoms. The largest absolute Gasteiger partial charge is 0.377 e. The Hall–Kier alpha value is -0.510. The first-order valence-corrected chi connectivity index (χ1v) is 8.85. The van der Waals surface area contributed by atoms with E-state index in [-0.39, 0.29) is 0 Å². The number of aryl methyl sites for hydroxylation is 2. The average molecular weight is 293 g/mol. The molecule has 0 aromatic heterocycles. The van der Waals surface area contributed by atoms with E-state index in [0.29, 0.717) is 12.1 Å². The zero-order chi connectivity index (χ0) is 14.4. The van der Waals surface area contributed by atoms with E-state index in [1.54, 1.807) is 0 Å². The molecule has 1 N–H and O–H groups in total. The van der Waals surface area contributed by atoms with E-state index >= 15 is 0 Å². The van der Waals surface area contributed by atoms with E-state index < -0.39 is 0 Å². The molecule has 1 aromatic carbocycles. The Labute approximate surface area is 127 Å². The molecule has 112 valence electrons. The molecule has 1 saturated heterocycles. The molecular formula is C17H27NOS. The smallest absolute Gasteiger partial charge is 0.0666 e. The van der Waals surface area contributed by atoms with Crippen molar-refractivity contribution in [2.24, 2.45) is 0 Å². The van der Waals surface area contributed by atoms with Crippen LogP contribution in [0.25, 0.3) is 0 Å². The summed E-state index contributed by atoms with van der Waals surface area (Å²) in [7, 11) is 0. The number of thioether (sulfide) groups is 1. The topological polar surface area (TPSA) is 21.3 Å². The highest BCUT2D eigenvalue weighted by Crippen LogP contribution is 2.24. The third-order valence-electron chi connectivity index (χ3n) is 3.71. The molecule has 2 nitrogen and oxygen atoms in total. The van der Waals surface area contributed by atoms with Gasteiger partial charge in [-0.05, 0) is 38.8 Å². The summed E-state index contributed by atoms with van der Waals surface area (Å²) in [6.45, 7) is 8.51. The molecule has 2 rings (SSSR count). The Kier molecular flexibility index (Phi) is 6.40. The van der Waals surface area contributed by atoms with E-state index in [0.717, 1.165) is 24.7 Å². The van der Waals surface area contributed by atoms with Crippen LogP contribution in [0.5, 0.6) is 0 Å². The molecule has 0 saturated carbocycles. The molecule has 0 bridgehead atoms. The molecule has 2 atom stereocenters. The molecule has 2 unspecified atom stereocenters. The van der Waals surface area contributed by atoms with E-state index in [1.165, 1.54) is 29.5 Å². The van der Waals surface area contributed by atoms with Gasteiger partial charge in [-0.3, -0.25) is 0 Å². The SMILES string of the molecule is CCNC(CSCC1CCCO1)c1cc(C)cc(C)c1. The number of benzene rings is 1. The zero-order valence-corrected chi connectivity index (χ0v) is 13.8. The standard InChI is InChI=1S/C17H27NOS/c1-4-18-17(12-20-11-16-6-5-7-19-16)15-9-13(2)8-14(3)10-15/h8-10,16-18H,4-7,11-12H2,1-3H3. The van der Waals surface area contributed by atoms with Crippen LogP contribution >= 0.6 is 11.8 Å². The first kappa shape index (κ1) is 15.9. The van der Waals surface area contributed by atoms with Gasteiger partial charge >= 0.3 is 0 Å². The first-order chi connectivity index (χ1) is 9.69. The van der Waals surface area contributed by atoms with Crippen molar-refractivity contribution in [1.29, 1.82) is 0 Å². The average Bonchev–Trinajstić information content (AvgIpc) is 2.89. The second kappa shape index (κ2) is 8.06. The number of ether oxygens (including phenoxy) is 1. The van der Waals surface area contributed by atoms with E-state index in [2.05, 4.69) is 44.3 Å². The van der Waals surface area contributed by atoms with E-state index in [9.17, 15) is 0 Å². The maximum Gasteiger partial charge on any atom is 0.0666 e. The molecule has 1 aromatic rings. The zero-order valence-electron chi connectivity index (χ0n) is 12.9. The van der Waals surface area contributed by atoms with Crippen LogP contribution in [0.4, 0.5) is 0 Å². The number of hydrogen-bond donors (Lipinski definition) is 1. The van der Waals surface area contributed by atoms with Crippen molar-refractivity contribution in [3.63, 3.8) is 0 Å². The fourth-order valence-electron chi connectivity index (χ4n) is 2.82. The molecule has 0 amide bonds. The van der Waals surface area contributed by atoms with Crippen LogP contribution in [0.15, 0.2) is 18.2 Å². The lowest BCUT2D eigenvalue weighted by atomic mass is 10.0. The van der Waals surface area contributed by atoms with Crippen LogP contribution in [0.2, 0.25) is 0 Å². The summed E-state index contributed by atoms with van der Waals surface area (Å²) in [5.74, 6) is 2.25. The Balaban J connectivity index is 1.91. The fraction of sp³-hybridized carbons (Fsp3) is 0.647. The summed E-state index contributed by atoms with van der Waals surface area (Å²) in [5, 5.41) is 3.62. The Bertz CT molecular complexity index is 395. The third-order valence-corrected chi connectivity index (χ3v) is 4.89. The third kappa shape index (κ3) is 4.80. The van der Waals surface area contributed by atoms with Gasteiger partial charge in [-0.2, -0.15) is 11.8 Å². The minimum absolute atomic E-state index is 0.449. The van der Waals surface area contributed by atoms with E-state index in [1.807, 2.05) is 11.8 Å². The highest BCUT2D eigenvalue weighted by molar-refractivity contribution is 7.99. The minimum atomic E-state index is 0.449.